The quantitative estimate of drug-likeness (QED) is 0.580. The molecule has 2 aliphatic heterocycles. The van der Waals surface area contributed by atoms with Crippen LogP contribution in [-0.4, -0.2) is 26.5 Å². The van der Waals surface area contributed by atoms with Gasteiger partial charge in [-0.3, -0.25) is 4.99 Å². The molecule has 1 aromatic carbocycles. The van der Waals surface area contributed by atoms with Gasteiger partial charge in [-0.25, -0.2) is 9.67 Å². The van der Waals surface area contributed by atoms with Gasteiger partial charge in [0.25, 0.3) is 0 Å². The van der Waals surface area contributed by atoms with Crippen LogP contribution >= 0.6 is 0 Å². The number of aliphatic imine (C=N–C) groups is 1. The molecular weight excluding hydrogens is 400 g/mol. The maximum Gasteiger partial charge on any atom is 0.166 e. The van der Waals surface area contributed by atoms with Gasteiger partial charge in [0.1, 0.15) is 17.9 Å². The van der Waals surface area contributed by atoms with E-state index in [0.717, 1.165) is 44.9 Å². The van der Waals surface area contributed by atoms with Crippen molar-refractivity contribution in [2.75, 3.05) is 5.73 Å². The Morgan fingerprint density at radius 2 is 2.00 bits per heavy atom. The summed E-state index contributed by atoms with van der Waals surface area (Å²) < 4.78 is 8.32. The average Bonchev–Trinajstić information content (AvgIpc) is 3.28. The summed E-state index contributed by atoms with van der Waals surface area (Å²) in [6.07, 6.45) is 2.02. The molecule has 2 aliphatic rings. The van der Waals surface area contributed by atoms with E-state index in [4.69, 9.17) is 15.6 Å². The number of hydrogen-bond acceptors (Lipinski definition) is 6. The molecule has 160 valence electrons. The van der Waals surface area contributed by atoms with Gasteiger partial charge in [0.15, 0.2) is 11.6 Å². The zero-order valence-electron chi connectivity index (χ0n) is 18.5. The molecule has 7 nitrogen and oxygen atoms in total. The zero-order valence-corrected chi connectivity index (χ0v) is 18.5. The number of ether oxygens (including phenoxy) is 1. The molecular formula is C25H24N6O. The summed E-state index contributed by atoms with van der Waals surface area (Å²) in [5.74, 6) is 0.801. The van der Waals surface area contributed by atoms with Gasteiger partial charge in [0, 0.05) is 35.0 Å². The molecule has 32 heavy (non-hydrogen) atoms. The molecule has 0 saturated carbocycles. The average molecular weight is 425 g/mol. The summed E-state index contributed by atoms with van der Waals surface area (Å²) in [5, 5.41) is 14.6. The number of aromatic nitrogens is 3. The van der Waals surface area contributed by atoms with Gasteiger partial charge in [0.2, 0.25) is 0 Å². The lowest BCUT2D eigenvalue weighted by atomic mass is 9.93. The van der Waals surface area contributed by atoms with Gasteiger partial charge in [-0.1, -0.05) is 17.7 Å². The summed E-state index contributed by atoms with van der Waals surface area (Å²) in [5.41, 5.74) is 14.3. The highest BCUT2D eigenvalue weighted by molar-refractivity contribution is 6.33. The summed E-state index contributed by atoms with van der Waals surface area (Å²) in [6.45, 7) is 8.06. The second-order valence-corrected chi connectivity index (χ2v) is 8.46. The molecule has 0 amide bonds. The summed E-state index contributed by atoms with van der Waals surface area (Å²) in [6, 6.07) is 12.4. The summed E-state index contributed by atoms with van der Waals surface area (Å²) >= 11 is 0. The van der Waals surface area contributed by atoms with Gasteiger partial charge in [-0.15, -0.1) is 0 Å². The van der Waals surface area contributed by atoms with E-state index in [1.807, 2.05) is 31.5 Å². The predicted octanol–water partition coefficient (Wildman–Crippen LogP) is 4.28. The first-order valence-corrected chi connectivity index (χ1v) is 10.7. The number of pyridine rings is 1. The second-order valence-electron chi connectivity index (χ2n) is 8.46. The Balaban J connectivity index is 1.82. The molecule has 0 spiro atoms. The number of nitriles is 1. The number of nitrogens with zero attached hydrogens (tertiary/aromatic N) is 5. The third-order valence-electron chi connectivity index (χ3n) is 6.09. The molecule has 0 saturated heterocycles. The van der Waals surface area contributed by atoms with Crippen LogP contribution in [0.2, 0.25) is 0 Å². The Kier molecular flexibility index (Phi) is 4.59. The minimum absolute atomic E-state index is 0.121. The number of aryl methyl sites for hydroxylation is 2. The molecule has 5 rings (SSSR count). The fourth-order valence-corrected chi connectivity index (χ4v) is 4.56. The molecule has 0 aliphatic carbocycles. The third-order valence-corrected chi connectivity index (χ3v) is 6.09. The van der Waals surface area contributed by atoms with Crippen LogP contribution in [0.5, 0.6) is 5.75 Å². The Hall–Kier alpha value is -3.92. The fraction of sp³-hybridized carbons (Fsp3) is 0.280. The molecule has 2 bridgehead atoms. The van der Waals surface area contributed by atoms with Crippen LogP contribution < -0.4 is 10.5 Å². The van der Waals surface area contributed by atoms with Crippen molar-refractivity contribution in [3.63, 3.8) is 0 Å². The van der Waals surface area contributed by atoms with E-state index in [0.29, 0.717) is 23.7 Å². The topological polar surface area (TPSA) is 102 Å². The van der Waals surface area contributed by atoms with Crippen molar-refractivity contribution in [3.05, 3.63) is 70.2 Å². The van der Waals surface area contributed by atoms with Gasteiger partial charge in [0.05, 0.1) is 17.4 Å². The van der Waals surface area contributed by atoms with Crippen LogP contribution in [-0.2, 0) is 6.42 Å². The summed E-state index contributed by atoms with van der Waals surface area (Å²) in [7, 11) is 0. The highest BCUT2D eigenvalue weighted by Gasteiger charge is 2.30. The maximum absolute atomic E-state index is 9.79. The van der Waals surface area contributed by atoms with Crippen LogP contribution in [0.25, 0.3) is 11.3 Å². The van der Waals surface area contributed by atoms with Crippen LogP contribution in [0.15, 0.2) is 47.1 Å². The molecule has 2 unspecified atom stereocenters. The molecule has 0 radical (unpaired) electrons. The fourth-order valence-electron chi connectivity index (χ4n) is 4.56. The molecule has 4 heterocycles. The van der Waals surface area contributed by atoms with Crippen molar-refractivity contribution < 1.29 is 4.74 Å². The van der Waals surface area contributed by atoms with Crippen LogP contribution in [0.3, 0.4) is 0 Å². The van der Waals surface area contributed by atoms with E-state index in [9.17, 15) is 5.26 Å². The first-order valence-electron chi connectivity index (χ1n) is 10.7. The molecule has 2 atom stereocenters. The number of allylic oxidation sites excluding steroid dienone is 1. The molecule has 7 heteroatoms. The number of fused-ring (bicyclic) bond motifs is 6. The van der Waals surface area contributed by atoms with Crippen LogP contribution in [0, 0.1) is 25.2 Å². The van der Waals surface area contributed by atoms with Crippen molar-refractivity contribution in [1.29, 1.82) is 5.26 Å². The number of rotatable bonds is 0. The van der Waals surface area contributed by atoms with Gasteiger partial charge in [-0.2, -0.15) is 10.4 Å². The van der Waals surface area contributed by atoms with E-state index < -0.39 is 0 Å². The van der Waals surface area contributed by atoms with Crippen molar-refractivity contribution in [2.24, 2.45) is 4.99 Å². The Labute approximate surface area is 186 Å². The maximum atomic E-state index is 9.79. The number of nitrogen functional groups attached to an aromatic ring is 1. The first-order chi connectivity index (χ1) is 15.4. The SMILES string of the molecule is Cc1ccc2c(c1)C(C)Oc1cc(cnc1N)C1=C(Cc3cc(C)nn3-2)C(C)N=C1C#N. The number of benzene rings is 1. The van der Waals surface area contributed by atoms with E-state index >= 15 is 0 Å². The lowest BCUT2D eigenvalue weighted by molar-refractivity contribution is 0.227. The second kappa shape index (κ2) is 7.34. The number of anilines is 1. The smallest absolute Gasteiger partial charge is 0.166 e. The van der Waals surface area contributed by atoms with Crippen molar-refractivity contribution in [2.45, 2.75) is 46.3 Å². The highest BCUT2D eigenvalue weighted by Crippen LogP contribution is 2.38. The molecule has 0 fully saturated rings. The van der Waals surface area contributed by atoms with Crippen molar-refractivity contribution in [3.8, 4) is 17.5 Å². The van der Waals surface area contributed by atoms with E-state index in [2.05, 4.69) is 47.2 Å². The standard InChI is InChI=1S/C25H24N6O/c1-13-5-6-22-20(7-13)16(4)32-23-9-17(12-28-25(23)27)24-19(15(3)29-21(24)11-26)10-18-8-14(2)30-31(18)22/h5-9,12,15-16H,10H2,1-4H3,(H2,27,28). The minimum atomic E-state index is -0.291. The summed E-state index contributed by atoms with van der Waals surface area (Å²) in [4.78, 5) is 9.00. The van der Waals surface area contributed by atoms with Gasteiger partial charge < -0.3 is 10.5 Å². The lowest BCUT2D eigenvalue weighted by Gasteiger charge is -2.22. The van der Waals surface area contributed by atoms with E-state index in [1.165, 1.54) is 0 Å². The van der Waals surface area contributed by atoms with Crippen LogP contribution in [0.1, 0.15) is 48.0 Å². The van der Waals surface area contributed by atoms with Crippen molar-refractivity contribution >= 4 is 17.1 Å². The van der Waals surface area contributed by atoms with Gasteiger partial charge in [-0.05, 0) is 51.5 Å². The molecule has 3 aromatic rings. The molecule has 2 N–H and O–H groups in total. The lowest BCUT2D eigenvalue weighted by Crippen LogP contribution is -2.15. The highest BCUT2D eigenvalue weighted by atomic mass is 16.5. The number of nitrogens with two attached hydrogens (primary N) is 1. The van der Waals surface area contributed by atoms with Crippen LogP contribution in [0.4, 0.5) is 5.82 Å². The monoisotopic (exact) mass is 424 g/mol. The minimum Gasteiger partial charge on any atom is -0.482 e. The third kappa shape index (κ3) is 3.16. The largest absolute Gasteiger partial charge is 0.482 e. The Morgan fingerprint density at radius 1 is 1.19 bits per heavy atom. The Bertz CT molecular complexity index is 1360. The zero-order chi connectivity index (χ0) is 22.6. The van der Waals surface area contributed by atoms with E-state index in [-0.39, 0.29) is 12.1 Å². The predicted molar refractivity (Wildman–Crippen MR) is 124 cm³/mol. The normalized spacial score (nSPS) is 19.5. The first kappa shape index (κ1) is 20.0. The number of hydrogen-bond donors (Lipinski definition) is 1. The van der Waals surface area contributed by atoms with Crippen molar-refractivity contribution in [1.82, 2.24) is 14.8 Å². The van der Waals surface area contributed by atoms with Gasteiger partial charge >= 0.3 is 0 Å². The van der Waals surface area contributed by atoms with E-state index in [1.54, 1.807) is 6.20 Å². The molecule has 2 aromatic heterocycles. The Morgan fingerprint density at radius 3 is 2.78 bits per heavy atom.